The van der Waals surface area contributed by atoms with E-state index >= 15 is 13.2 Å². The Morgan fingerprint density at radius 2 is 1.80 bits per heavy atom. The molecule has 6 rings (SSSR count). The van der Waals surface area contributed by atoms with Crippen LogP contribution in [-0.4, -0.2) is 11.1 Å². The summed E-state index contributed by atoms with van der Waals surface area (Å²) in [5.41, 5.74) is 3.59. The van der Waals surface area contributed by atoms with E-state index in [9.17, 15) is 9.90 Å². The van der Waals surface area contributed by atoms with Gasteiger partial charge in [-0.2, -0.15) is 0 Å². The first kappa shape index (κ1) is 26.9. The average Bonchev–Trinajstić information content (AvgIpc) is 3.51. The number of aliphatic carboxylic acids is 1. The predicted molar refractivity (Wildman–Crippen MR) is 148 cm³/mol. The molecule has 0 radical (unpaired) electrons. The predicted octanol–water partition coefficient (Wildman–Crippen LogP) is 8.63. The molecule has 0 aromatic heterocycles. The zero-order chi connectivity index (χ0) is 28.4. The summed E-state index contributed by atoms with van der Waals surface area (Å²) < 4.78 is 52.4. The second-order valence-electron chi connectivity index (χ2n) is 12.8. The highest BCUT2D eigenvalue weighted by Crippen LogP contribution is 2.61. The molecule has 1 spiro atoms. The lowest BCUT2D eigenvalue weighted by Gasteiger charge is -2.30. The zero-order valence-electron chi connectivity index (χ0n) is 23.3. The quantitative estimate of drug-likeness (QED) is 0.335. The highest BCUT2D eigenvalue weighted by atomic mass is 19.1. The molecule has 6 heteroatoms. The van der Waals surface area contributed by atoms with Gasteiger partial charge in [0.05, 0.1) is 5.92 Å². The van der Waals surface area contributed by atoms with E-state index in [2.05, 4.69) is 13.8 Å². The topological polar surface area (TPSA) is 46.5 Å². The molecule has 3 nitrogen and oxygen atoms in total. The molecule has 3 aliphatic carbocycles. The van der Waals surface area contributed by atoms with Gasteiger partial charge >= 0.3 is 5.97 Å². The van der Waals surface area contributed by atoms with Crippen molar-refractivity contribution >= 4 is 5.97 Å². The van der Waals surface area contributed by atoms with E-state index in [1.807, 2.05) is 13.0 Å². The van der Waals surface area contributed by atoms with Crippen molar-refractivity contribution in [1.29, 1.82) is 0 Å². The molecule has 3 atom stereocenters. The van der Waals surface area contributed by atoms with E-state index < -0.39 is 34.8 Å². The maximum atomic E-state index is 15.9. The number of carboxylic acid groups (broad SMARTS) is 1. The van der Waals surface area contributed by atoms with E-state index in [-0.39, 0.29) is 29.3 Å². The molecule has 40 heavy (non-hydrogen) atoms. The van der Waals surface area contributed by atoms with E-state index in [0.29, 0.717) is 36.0 Å². The summed E-state index contributed by atoms with van der Waals surface area (Å²) in [7, 11) is 0. The van der Waals surface area contributed by atoms with E-state index in [1.54, 1.807) is 24.3 Å². The molecule has 0 amide bonds. The summed E-state index contributed by atoms with van der Waals surface area (Å²) in [4.78, 5) is 11.7. The highest BCUT2D eigenvalue weighted by Gasteiger charge is 2.62. The number of hydrogen-bond donors (Lipinski definition) is 1. The first-order chi connectivity index (χ1) is 19.0. The number of hydrogen-bond acceptors (Lipinski definition) is 2. The van der Waals surface area contributed by atoms with Crippen LogP contribution in [0.1, 0.15) is 86.1 Å². The third-order valence-electron chi connectivity index (χ3n) is 9.78. The van der Waals surface area contributed by atoms with Crippen molar-refractivity contribution in [3.63, 3.8) is 0 Å². The Labute approximate surface area is 233 Å². The maximum absolute atomic E-state index is 15.9. The molecule has 0 saturated heterocycles. The molecule has 3 aliphatic rings. The van der Waals surface area contributed by atoms with Crippen molar-refractivity contribution in [3.05, 3.63) is 87.7 Å². The molecule has 2 saturated carbocycles. The van der Waals surface area contributed by atoms with Crippen molar-refractivity contribution < 1.29 is 27.8 Å². The first-order valence-electron chi connectivity index (χ1n) is 14.3. The molecule has 3 aromatic carbocycles. The number of aryl methyl sites for hydroxylation is 2. The number of ether oxygens (including phenoxy) is 1. The number of halogens is 3. The van der Waals surface area contributed by atoms with Crippen LogP contribution in [0, 0.1) is 35.7 Å². The van der Waals surface area contributed by atoms with E-state index in [1.165, 1.54) is 12.1 Å². The van der Waals surface area contributed by atoms with Gasteiger partial charge in [-0.15, -0.1) is 0 Å². The van der Waals surface area contributed by atoms with E-state index in [4.69, 9.17) is 4.74 Å². The van der Waals surface area contributed by atoms with Crippen LogP contribution < -0.4 is 4.74 Å². The van der Waals surface area contributed by atoms with Crippen LogP contribution in [-0.2, 0) is 23.2 Å². The second kappa shape index (κ2) is 9.67. The molecular weight excluding hydrogens is 513 g/mol. The van der Waals surface area contributed by atoms with Crippen LogP contribution in [0.5, 0.6) is 5.75 Å². The first-order valence-corrected chi connectivity index (χ1v) is 14.3. The third kappa shape index (κ3) is 4.40. The number of fused-ring (bicyclic) bond motifs is 2. The molecular formula is C34H35F3O3. The Bertz CT molecular complexity index is 1510. The van der Waals surface area contributed by atoms with Crippen molar-refractivity contribution in [2.45, 2.75) is 83.7 Å². The second-order valence-corrected chi connectivity index (χ2v) is 12.8. The Morgan fingerprint density at radius 3 is 2.50 bits per heavy atom. The number of benzene rings is 3. The van der Waals surface area contributed by atoms with Crippen LogP contribution in [0.2, 0.25) is 0 Å². The maximum Gasteiger partial charge on any atom is 0.307 e. The summed E-state index contributed by atoms with van der Waals surface area (Å²) in [6, 6.07) is 11.5. The zero-order valence-corrected chi connectivity index (χ0v) is 23.3. The molecule has 0 bridgehead atoms. The Morgan fingerprint density at radius 1 is 1.00 bits per heavy atom. The van der Waals surface area contributed by atoms with Gasteiger partial charge in [0.2, 0.25) is 0 Å². The Hall–Kier alpha value is -3.28. The lowest BCUT2D eigenvalue weighted by Crippen LogP contribution is -2.23. The lowest BCUT2D eigenvalue weighted by molar-refractivity contribution is -0.139. The Balaban J connectivity index is 1.36. The molecule has 0 aliphatic heterocycles. The Kier molecular flexibility index (Phi) is 6.51. The van der Waals surface area contributed by atoms with Gasteiger partial charge in [0.25, 0.3) is 0 Å². The van der Waals surface area contributed by atoms with Gasteiger partial charge in [-0.1, -0.05) is 38.0 Å². The van der Waals surface area contributed by atoms with Crippen LogP contribution in [0.3, 0.4) is 0 Å². The SMILES string of the molecule is Cc1ccc(F)c(-c2cc(F)c(COc3ccc4c(c3F)[C@]3(CCC4)C[C@H]3C(=O)O)cc2[C@H]2CCCC2(C)C)c1. The molecule has 0 unspecified atom stereocenters. The number of carbonyl (C=O) groups is 1. The van der Waals surface area contributed by atoms with Gasteiger partial charge in [-0.25, -0.2) is 13.2 Å². The summed E-state index contributed by atoms with van der Waals surface area (Å²) in [6.07, 6.45) is 5.59. The van der Waals surface area contributed by atoms with Crippen molar-refractivity contribution in [1.82, 2.24) is 0 Å². The summed E-state index contributed by atoms with van der Waals surface area (Å²) >= 11 is 0. The normalized spacial score (nSPS) is 24.6. The van der Waals surface area contributed by atoms with Crippen molar-refractivity contribution in [3.8, 4) is 16.9 Å². The molecule has 1 N–H and O–H groups in total. The minimum Gasteiger partial charge on any atom is -0.486 e. The van der Waals surface area contributed by atoms with Crippen LogP contribution in [0.25, 0.3) is 11.1 Å². The van der Waals surface area contributed by atoms with Gasteiger partial charge in [0.1, 0.15) is 18.2 Å². The molecule has 2 fully saturated rings. The lowest BCUT2D eigenvalue weighted by atomic mass is 9.75. The fourth-order valence-corrected chi connectivity index (χ4v) is 7.53. The molecule has 0 heterocycles. The van der Waals surface area contributed by atoms with Gasteiger partial charge in [-0.05, 0) is 104 Å². The smallest absolute Gasteiger partial charge is 0.307 e. The summed E-state index contributed by atoms with van der Waals surface area (Å²) in [6.45, 7) is 6.09. The average molecular weight is 549 g/mol. The fraction of sp³-hybridized carbons (Fsp3) is 0.441. The summed E-state index contributed by atoms with van der Waals surface area (Å²) in [5.74, 6) is -2.81. The standard InChI is InChI=1S/C34H35F3O3/c1-19-8-10-27(35)24(14-19)22-16-28(36)21(15-23(22)25-7-5-12-33(25,2)3)18-40-29-11-9-20-6-4-13-34(30(20)31(29)37)17-26(34)32(38)39/h8-11,14-16,25-26H,4-7,12-13,17-18H2,1-3H3,(H,38,39)/t25-,26+,34-/m1/s1. The molecule has 3 aromatic rings. The van der Waals surface area contributed by atoms with Crippen molar-refractivity contribution in [2.24, 2.45) is 11.3 Å². The van der Waals surface area contributed by atoms with Crippen molar-refractivity contribution in [2.75, 3.05) is 0 Å². The molecule has 210 valence electrons. The highest BCUT2D eigenvalue weighted by molar-refractivity contribution is 5.78. The van der Waals surface area contributed by atoms with Gasteiger partial charge < -0.3 is 9.84 Å². The van der Waals surface area contributed by atoms with Crippen LogP contribution in [0.4, 0.5) is 13.2 Å². The third-order valence-corrected chi connectivity index (χ3v) is 9.78. The fourth-order valence-electron chi connectivity index (χ4n) is 7.53. The minimum atomic E-state index is -0.895. The van der Waals surface area contributed by atoms with E-state index in [0.717, 1.165) is 42.4 Å². The summed E-state index contributed by atoms with van der Waals surface area (Å²) in [5, 5.41) is 9.61. The monoisotopic (exact) mass is 548 g/mol. The number of carboxylic acids is 1. The minimum absolute atomic E-state index is 0.00650. The van der Waals surface area contributed by atoms with Gasteiger partial charge in [0.15, 0.2) is 11.6 Å². The largest absolute Gasteiger partial charge is 0.486 e. The number of rotatable bonds is 6. The van der Waals surface area contributed by atoms with Crippen LogP contribution >= 0.6 is 0 Å². The van der Waals surface area contributed by atoms with Gasteiger partial charge in [0, 0.05) is 22.1 Å². The van der Waals surface area contributed by atoms with Gasteiger partial charge in [-0.3, -0.25) is 4.79 Å². The van der Waals surface area contributed by atoms with Crippen LogP contribution in [0.15, 0.2) is 42.5 Å².